The predicted octanol–water partition coefficient (Wildman–Crippen LogP) is 4.62. The number of nitrogens with one attached hydrogen (secondary N) is 1. The first-order valence-electron chi connectivity index (χ1n) is 8.67. The summed E-state index contributed by atoms with van der Waals surface area (Å²) in [5.74, 6) is -0.0186. The Morgan fingerprint density at radius 1 is 1.08 bits per heavy atom. The van der Waals surface area contributed by atoms with E-state index in [1.165, 1.54) is 28.8 Å². The molecule has 126 valence electrons. The van der Waals surface area contributed by atoms with Crippen LogP contribution in [0.4, 0.5) is 0 Å². The van der Waals surface area contributed by atoms with Crippen molar-refractivity contribution in [1.29, 1.82) is 0 Å². The van der Waals surface area contributed by atoms with Crippen molar-refractivity contribution in [2.45, 2.75) is 32.2 Å². The number of fused-ring (bicyclic) bond motifs is 1. The second kappa shape index (κ2) is 7.19. The minimum absolute atomic E-state index is 0.0186. The van der Waals surface area contributed by atoms with Crippen LogP contribution >= 0.6 is 11.3 Å². The number of pyridine rings is 1. The topological polar surface area (TPSA) is 42.0 Å². The summed E-state index contributed by atoms with van der Waals surface area (Å²) in [4.78, 5) is 18.0. The molecule has 0 radical (unpaired) electrons. The molecule has 0 atom stereocenters. The number of aromatic nitrogens is 1. The second-order valence-corrected chi connectivity index (χ2v) is 7.38. The van der Waals surface area contributed by atoms with E-state index in [2.05, 4.69) is 39.9 Å². The summed E-state index contributed by atoms with van der Waals surface area (Å²) in [7, 11) is 0. The Kier molecular flexibility index (Phi) is 4.61. The number of thiophene rings is 1. The average molecular weight is 348 g/mol. The molecule has 3 aromatic rings. The van der Waals surface area contributed by atoms with Gasteiger partial charge >= 0.3 is 0 Å². The van der Waals surface area contributed by atoms with Crippen molar-refractivity contribution < 1.29 is 4.79 Å². The van der Waals surface area contributed by atoms with Crippen LogP contribution in [0.25, 0.3) is 10.4 Å². The van der Waals surface area contributed by atoms with E-state index in [9.17, 15) is 4.79 Å². The minimum atomic E-state index is -0.0186. The maximum absolute atomic E-state index is 12.5. The van der Waals surface area contributed by atoms with Crippen LogP contribution in [0, 0.1) is 0 Å². The third-order valence-corrected chi connectivity index (χ3v) is 5.58. The van der Waals surface area contributed by atoms with E-state index >= 15 is 0 Å². The molecule has 1 aromatic carbocycles. The Morgan fingerprint density at radius 2 is 1.96 bits per heavy atom. The van der Waals surface area contributed by atoms with Gasteiger partial charge in [0.25, 0.3) is 5.91 Å². The van der Waals surface area contributed by atoms with E-state index in [0.29, 0.717) is 6.54 Å². The fourth-order valence-corrected chi connectivity index (χ4v) is 4.03. The van der Waals surface area contributed by atoms with Crippen molar-refractivity contribution in [1.82, 2.24) is 10.3 Å². The quantitative estimate of drug-likeness (QED) is 0.747. The zero-order valence-corrected chi connectivity index (χ0v) is 14.8. The summed E-state index contributed by atoms with van der Waals surface area (Å²) in [5, 5.41) is 5.07. The lowest BCUT2D eigenvalue weighted by Crippen LogP contribution is -2.23. The number of carbonyl (C=O) groups is 1. The molecule has 0 unspecified atom stereocenters. The Morgan fingerprint density at radius 3 is 2.80 bits per heavy atom. The molecule has 0 fully saturated rings. The molecule has 0 spiro atoms. The van der Waals surface area contributed by atoms with Crippen molar-refractivity contribution >= 4 is 17.2 Å². The molecule has 1 aliphatic carbocycles. The zero-order valence-electron chi connectivity index (χ0n) is 14.0. The Bertz CT molecular complexity index is 887. The Balaban J connectivity index is 1.44. The van der Waals surface area contributed by atoms with Gasteiger partial charge in [-0.15, -0.1) is 11.3 Å². The monoisotopic (exact) mass is 348 g/mol. The van der Waals surface area contributed by atoms with Crippen LogP contribution in [0.2, 0.25) is 0 Å². The summed E-state index contributed by atoms with van der Waals surface area (Å²) in [5.41, 5.74) is 5.59. The van der Waals surface area contributed by atoms with Crippen LogP contribution in [0.15, 0.2) is 54.2 Å². The molecule has 4 heteroatoms. The molecule has 0 saturated carbocycles. The van der Waals surface area contributed by atoms with Crippen molar-refractivity contribution in [2.24, 2.45) is 0 Å². The van der Waals surface area contributed by atoms with Crippen molar-refractivity contribution in [3.8, 4) is 10.4 Å². The van der Waals surface area contributed by atoms with Crippen LogP contribution in [0.5, 0.6) is 0 Å². The van der Waals surface area contributed by atoms with Gasteiger partial charge in [0.15, 0.2) is 0 Å². The van der Waals surface area contributed by atoms with Gasteiger partial charge in [0, 0.05) is 34.9 Å². The minimum Gasteiger partial charge on any atom is -0.348 e. The standard InChI is InChI=1S/C21H20N2OS/c24-21(18-8-7-16-4-1-2-5-17(16)11-18)23-13-15-10-19(14-22-12-15)20-6-3-9-25-20/h3,6-12,14H,1-2,4-5,13H2,(H,23,24). The lowest BCUT2D eigenvalue weighted by Gasteiger charge is -2.16. The highest BCUT2D eigenvalue weighted by Gasteiger charge is 2.13. The van der Waals surface area contributed by atoms with Gasteiger partial charge in [-0.1, -0.05) is 12.1 Å². The molecule has 1 aliphatic rings. The maximum atomic E-state index is 12.5. The number of nitrogens with zero attached hydrogens (tertiary/aromatic N) is 1. The first kappa shape index (κ1) is 16.0. The molecule has 1 amide bonds. The Labute approximate surface area is 151 Å². The largest absolute Gasteiger partial charge is 0.348 e. The molecule has 25 heavy (non-hydrogen) atoms. The van der Waals surface area contributed by atoms with E-state index < -0.39 is 0 Å². The maximum Gasteiger partial charge on any atom is 0.251 e. The summed E-state index contributed by atoms with van der Waals surface area (Å²) in [6.07, 6.45) is 8.37. The van der Waals surface area contributed by atoms with E-state index in [0.717, 1.165) is 29.5 Å². The first-order valence-corrected chi connectivity index (χ1v) is 9.55. The lowest BCUT2D eigenvalue weighted by molar-refractivity contribution is 0.0950. The van der Waals surface area contributed by atoms with E-state index in [-0.39, 0.29) is 5.91 Å². The number of amides is 1. The van der Waals surface area contributed by atoms with Gasteiger partial charge in [-0.25, -0.2) is 0 Å². The van der Waals surface area contributed by atoms with Gasteiger partial charge in [0.2, 0.25) is 0 Å². The molecule has 2 heterocycles. The highest BCUT2D eigenvalue weighted by atomic mass is 32.1. The third-order valence-electron chi connectivity index (χ3n) is 4.66. The summed E-state index contributed by atoms with van der Waals surface area (Å²) in [6, 6.07) is 12.3. The van der Waals surface area contributed by atoms with Gasteiger partial charge in [0.1, 0.15) is 0 Å². The molecule has 0 saturated heterocycles. The molecule has 2 aromatic heterocycles. The van der Waals surface area contributed by atoms with E-state index in [1.807, 2.05) is 24.5 Å². The SMILES string of the molecule is O=C(NCc1cncc(-c2cccs2)c1)c1ccc2c(c1)CCCC2. The van der Waals surface area contributed by atoms with Crippen LogP contribution in [-0.4, -0.2) is 10.9 Å². The van der Waals surface area contributed by atoms with Crippen LogP contribution < -0.4 is 5.32 Å². The summed E-state index contributed by atoms with van der Waals surface area (Å²) >= 11 is 1.69. The van der Waals surface area contributed by atoms with Gasteiger partial charge in [-0.05, 0) is 72.0 Å². The fourth-order valence-electron chi connectivity index (χ4n) is 3.32. The molecule has 3 nitrogen and oxygen atoms in total. The summed E-state index contributed by atoms with van der Waals surface area (Å²) in [6.45, 7) is 0.488. The van der Waals surface area contributed by atoms with Crippen molar-refractivity contribution in [2.75, 3.05) is 0 Å². The smallest absolute Gasteiger partial charge is 0.251 e. The van der Waals surface area contributed by atoms with Gasteiger partial charge in [-0.2, -0.15) is 0 Å². The number of benzene rings is 1. The van der Waals surface area contributed by atoms with Crippen LogP contribution in [0.3, 0.4) is 0 Å². The van der Waals surface area contributed by atoms with Crippen LogP contribution in [0.1, 0.15) is 39.9 Å². The highest BCUT2D eigenvalue weighted by Crippen LogP contribution is 2.25. The van der Waals surface area contributed by atoms with Crippen LogP contribution in [-0.2, 0) is 19.4 Å². The third kappa shape index (κ3) is 3.64. The Hall–Kier alpha value is -2.46. The normalized spacial score (nSPS) is 13.3. The lowest BCUT2D eigenvalue weighted by atomic mass is 9.90. The number of hydrogen-bond acceptors (Lipinski definition) is 3. The average Bonchev–Trinajstić information content (AvgIpc) is 3.21. The highest BCUT2D eigenvalue weighted by molar-refractivity contribution is 7.13. The molecule has 1 N–H and O–H groups in total. The first-order chi connectivity index (χ1) is 12.3. The number of carbonyl (C=O) groups excluding carboxylic acids is 1. The molecule has 0 aliphatic heterocycles. The van der Waals surface area contributed by atoms with E-state index in [4.69, 9.17) is 0 Å². The molecule has 4 rings (SSSR count). The van der Waals surface area contributed by atoms with Gasteiger partial charge in [0.05, 0.1) is 0 Å². The fraction of sp³-hybridized carbons (Fsp3) is 0.238. The number of hydrogen-bond donors (Lipinski definition) is 1. The van der Waals surface area contributed by atoms with E-state index in [1.54, 1.807) is 11.3 Å². The molecule has 0 bridgehead atoms. The second-order valence-electron chi connectivity index (χ2n) is 6.43. The molecular formula is C21H20N2OS. The van der Waals surface area contributed by atoms with Crippen molar-refractivity contribution in [3.63, 3.8) is 0 Å². The van der Waals surface area contributed by atoms with Gasteiger partial charge in [-0.3, -0.25) is 9.78 Å². The molecular weight excluding hydrogens is 328 g/mol. The van der Waals surface area contributed by atoms with Crippen molar-refractivity contribution in [3.05, 3.63) is 76.4 Å². The zero-order chi connectivity index (χ0) is 17.1. The van der Waals surface area contributed by atoms with Gasteiger partial charge < -0.3 is 5.32 Å². The number of aryl methyl sites for hydroxylation is 2. The summed E-state index contributed by atoms with van der Waals surface area (Å²) < 4.78 is 0. The predicted molar refractivity (Wildman–Crippen MR) is 102 cm³/mol. The number of rotatable bonds is 4.